The van der Waals surface area contributed by atoms with E-state index in [1.807, 2.05) is 6.07 Å². The molecule has 0 aliphatic rings. The van der Waals surface area contributed by atoms with E-state index < -0.39 is 0 Å². The summed E-state index contributed by atoms with van der Waals surface area (Å²) in [6.45, 7) is 0. The largest absolute Gasteiger partial charge is 0.399 e. The second-order valence-electron chi connectivity index (χ2n) is 1.67. The van der Waals surface area contributed by atoms with Crippen LogP contribution >= 0.6 is 0 Å². The second-order valence-corrected chi connectivity index (χ2v) is 1.67. The Kier molecular flexibility index (Phi) is 3.60. The molecule has 1 aromatic rings. The first-order chi connectivity index (χ1) is 3.79. The predicted molar refractivity (Wildman–Crippen MR) is 41.0 cm³/mol. The number of anilines is 2. The number of hydrogen-bond acceptors (Lipinski definition) is 2. The number of hydrogen-bond donors (Lipinski definition) is 2. The monoisotopic (exact) mass is 316 g/mol. The molecule has 2 nitrogen and oxygen atoms in total. The summed E-state index contributed by atoms with van der Waals surface area (Å²) in [6, 6.07) is 7.15. The predicted octanol–water partition coefficient (Wildman–Crippen LogP) is 0.470. The van der Waals surface area contributed by atoms with E-state index in [0.717, 1.165) is 0 Å². The molecule has 3 heteroatoms. The van der Waals surface area contributed by atoms with Crippen LogP contribution in [-0.2, 0) is 0 Å². The minimum Gasteiger partial charge on any atom is -0.399 e. The van der Waals surface area contributed by atoms with Gasteiger partial charge in [0.1, 0.15) is 0 Å². The zero-order valence-corrected chi connectivity index (χ0v) is 8.85. The van der Waals surface area contributed by atoms with Gasteiger partial charge in [0.15, 0.2) is 0 Å². The Morgan fingerprint density at radius 3 is 1.67 bits per heavy atom. The van der Waals surface area contributed by atoms with E-state index in [1.165, 1.54) is 0 Å². The van der Waals surface area contributed by atoms with Gasteiger partial charge >= 0.3 is 0 Å². The molecule has 0 bridgehead atoms. The summed E-state index contributed by atoms with van der Waals surface area (Å²) in [5.74, 6) is 0. The zero-order chi connectivity index (χ0) is 5.98. The molecule has 0 aliphatic carbocycles. The van der Waals surface area contributed by atoms with Crippen molar-refractivity contribution in [1.82, 2.24) is 0 Å². The summed E-state index contributed by atoms with van der Waals surface area (Å²) in [4.78, 5) is 0. The van der Waals surface area contributed by atoms with E-state index in [-0.39, 0.29) is 27.3 Å². The van der Waals surface area contributed by atoms with Crippen molar-refractivity contribution in [2.45, 2.75) is 0 Å². The Balaban J connectivity index is 0.000000640. The van der Waals surface area contributed by atoms with Gasteiger partial charge in [-0.1, -0.05) is 6.07 Å². The van der Waals surface area contributed by atoms with Crippen LogP contribution in [0.4, 0.5) is 11.4 Å². The van der Waals surface area contributed by atoms with Crippen LogP contribution in [-0.4, -0.2) is 27.3 Å². The third kappa shape index (κ3) is 2.69. The minimum absolute atomic E-state index is 0. The Hall–Kier alpha value is -0.258. The van der Waals surface area contributed by atoms with Crippen LogP contribution in [0.5, 0.6) is 0 Å². The van der Waals surface area contributed by atoms with Crippen molar-refractivity contribution >= 4 is 38.7 Å². The molecule has 1 aromatic carbocycles. The van der Waals surface area contributed by atoms with Gasteiger partial charge in [0.2, 0.25) is 0 Å². The van der Waals surface area contributed by atoms with Crippen LogP contribution in [0.15, 0.2) is 24.3 Å². The topological polar surface area (TPSA) is 52.0 Å². The second kappa shape index (κ2) is 3.71. The molecule has 0 amide bonds. The Morgan fingerprint density at radius 2 is 1.44 bits per heavy atom. The van der Waals surface area contributed by atoms with E-state index in [1.54, 1.807) is 18.2 Å². The molecular formula is C6H8N2Pb. The molecule has 0 aromatic heterocycles. The minimum atomic E-state index is 0. The van der Waals surface area contributed by atoms with E-state index in [0.29, 0.717) is 11.4 Å². The van der Waals surface area contributed by atoms with Gasteiger partial charge in [-0.3, -0.25) is 0 Å². The first-order valence-corrected chi connectivity index (χ1v) is 2.40. The summed E-state index contributed by atoms with van der Waals surface area (Å²) in [7, 11) is 0. The maximum Gasteiger partial charge on any atom is 0.0334 e. The van der Waals surface area contributed by atoms with E-state index in [9.17, 15) is 0 Å². The average Bonchev–Trinajstić information content (AvgIpc) is 1.64. The molecule has 46 valence electrons. The van der Waals surface area contributed by atoms with E-state index in [4.69, 9.17) is 11.5 Å². The molecule has 9 heavy (non-hydrogen) atoms. The first-order valence-electron chi connectivity index (χ1n) is 2.40. The molecule has 0 unspecified atom stereocenters. The van der Waals surface area contributed by atoms with Crippen LogP contribution in [0.1, 0.15) is 0 Å². The maximum atomic E-state index is 5.38. The van der Waals surface area contributed by atoms with Gasteiger partial charge in [-0.15, -0.1) is 0 Å². The quantitative estimate of drug-likeness (QED) is 0.540. The number of benzene rings is 1. The molecule has 1 rings (SSSR count). The molecule has 0 heterocycles. The maximum absolute atomic E-state index is 5.38. The summed E-state index contributed by atoms with van der Waals surface area (Å²) in [6.07, 6.45) is 0. The summed E-state index contributed by atoms with van der Waals surface area (Å²) >= 11 is 0. The van der Waals surface area contributed by atoms with Crippen LogP contribution in [0.3, 0.4) is 0 Å². The fourth-order valence-corrected chi connectivity index (χ4v) is 0.559. The van der Waals surface area contributed by atoms with Gasteiger partial charge in [0.05, 0.1) is 0 Å². The Morgan fingerprint density at radius 1 is 1.00 bits per heavy atom. The van der Waals surface area contributed by atoms with Crippen LogP contribution in [0, 0.1) is 0 Å². The SMILES string of the molecule is Nc1cccc(N)c1.[Pb]. The molecule has 0 spiro atoms. The normalized spacial score (nSPS) is 8.00. The van der Waals surface area contributed by atoms with Gasteiger partial charge in [0.25, 0.3) is 0 Å². The number of rotatable bonds is 0. The standard InChI is InChI=1S/C6H8N2.Pb/c7-5-2-1-3-6(8)4-5;/h1-4H,7-8H2;. The summed E-state index contributed by atoms with van der Waals surface area (Å²) < 4.78 is 0. The van der Waals surface area contributed by atoms with Crippen molar-refractivity contribution < 1.29 is 0 Å². The van der Waals surface area contributed by atoms with E-state index in [2.05, 4.69) is 0 Å². The van der Waals surface area contributed by atoms with Gasteiger partial charge in [0, 0.05) is 38.7 Å². The van der Waals surface area contributed by atoms with Crippen molar-refractivity contribution in [2.75, 3.05) is 11.5 Å². The molecule has 0 saturated carbocycles. The van der Waals surface area contributed by atoms with Crippen molar-refractivity contribution in [1.29, 1.82) is 0 Å². The molecule has 0 saturated heterocycles. The van der Waals surface area contributed by atoms with Crippen molar-refractivity contribution in [3.05, 3.63) is 24.3 Å². The molecule has 0 aliphatic heterocycles. The third-order valence-electron chi connectivity index (χ3n) is 0.911. The third-order valence-corrected chi connectivity index (χ3v) is 0.911. The summed E-state index contributed by atoms with van der Waals surface area (Å²) in [5.41, 5.74) is 12.2. The Labute approximate surface area is 74.4 Å². The Bertz CT molecular complexity index is 171. The molecular weight excluding hydrogens is 307 g/mol. The van der Waals surface area contributed by atoms with Crippen molar-refractivity contribution in [3.63, 3.8) is 0 Å². The van der Waals surface area contributed by atoms with Crippen molar-refractivity contribution in [2.24, 2.45) is 0 Å². The fourth-order valence-electron chi connectivity index (χ4n) is 0.559. The molecule has 0 atom stereocenters. The first kappa shape index (κ1) is 8.74. The smallest absolute Gasteiger partial charge is 0.0334 e. The van der Waals surface area contributed by atoms with E-state index >= 15 is 0 Å². The van der Waals surface area contributed by atoms with Gasteiger partial charge in [-0.2, -0.15) is 0 Å². The van der Waals surface area contributed by atoms with Crippen LogP contribution in [0.25, 0.3) is 0 Å². The zero-order valence-electron chi connectivity index (χ0n) is 4.96. The van der Waals surface area contributed by atoms with Crippen LogP contribution < -0.4 is 11.5 Å². The van der Waals surface area contributed by atoms with Gasteiger partial charge in [-0.05, 0) is 18.2 Å². The molecule has 4 radical (unpaired) electrons. The van der Waals surface area contributed by atoms with Crippen molar-refractivity contribution in [3.8, 4) is 0 Å². The van der Waals surface area contributed by atoms with Gasteiger partial charge < -0.3 is 11.5 Å². The van der Waals surface area contributed by atoms with Crippen LogP contribution in [0.2, 0.25) is 0 Å². The average molecular weight is 315 g/mol. The number of nitrogens with two attached hydrogens (primary N) is 2. The summed E-state index contributed by atoms with van der Waals surface area (Å²) in [5, 5.41) is 0. The van der Waals surface area contributed by atoms with Gasteiger partial charge in [-0.25, -0.2) is 0 Å². The molecule has 0 fully saturated rings. The molecule has 4 N–H and O–H groups in total. The fraction of sp³-hybridized carbons (Fsp3) is 0. The number of nitrogen functional groups attached to an aromatic ring is 2.